The summed E-state index contributed by atoms with van der Waals surface area (Å²) in [5.74, 6) is -0.786. The second-order valence-corrected chi connectivity index (χ2v) is 12.6. The van der Waals surface area contributed by atoms with Crippen LogP contribution in [-0.4, -0.2) is 55.0 Å². The molecule has 3 rings (SSSR count). The average molecular weight is 648 g/mol. The summed E-state index contributed by atoms with van der Waals surface area (Å²) in [5.41, 5.74) is 1.71. The number of anilines is 3. The molecule has 11 heteroatoms. The predicted molar refractivity (Wildman–Crippen MR) is 182 cm³/mol. The molecule has 2 amide bonds. The van der Waals surface area contributed by atoms with E-state index in [9.17, 15) is 19.2 Å². The predicted octanol–water partition coefficient (Wildman–Crippen LogP) is 7.85. The Morgan fingerprint density at radius 3 is 1.77 bits per heavy atom. The SMILES string of the molecule is CCN(CC)c1ccc(C(=O)Oc2ccc(C(=O)OCCc3ccc(NC(=O)OC(C)(C)C)cc3NC(=O)OC(C)(C)C)cc2)cc1. The molecule has 0 aliphatic rings. The molecule has 252 valence electrons. The lowest BCUT2D eigenvalue weighted by Crippen LogP contribution is -2.28. The van der Waals surface area contributed by atoms with Crippen LogP contribution in [0.4, 0.5) is 26.7 Å². The highest BCUT2D eigenvalue weighted by Crippen LogP contribution is 2.24. The minimum Gasteiger partial charge on any atom is -0.462 e. The molecule has 0 aliphatic carbocycles. The van der Waals surface area contributed by atoms with Crippen molar-refractivity contribution in [3.05, 3.63) is 83.4 Å². The van der Waals surface area contributed by atoms with Gasteiger partial charge in [-0.05, 0) is 122 Å². The van der Waals surface area contributed by atoms with Gasteiger partial charge >= 0.3 is 24.1 Å². The largest absolute Gasteiger partial charge is 0.462 e. The van der Waals surface area contributed by atoms with Crippen LogP contribution in [-0.2, 0) is 20.6 Å². The molecule has 0 radical (unpaired) electrons. The lowest BCUT2D eigenvalue weighted by Gasteiger charge is -2.21. The number of hydrogen-bond donors (Lipinski definition) is 2. The second-order valence-electron chi connectivity index (χ2n) is 12.6. The highest BCUT2D eigenvalue weighted by molar-refractivity contribution is 5.92. The van der Waals surface area contributed by atoms with E-state index in [0.717, 1.165) is 18.8 Å². The van der Waals surface area contributed by atoms with Crippen LogP contribution in [0.5, 0.6) is 5.75 Å². The fourth-order valence-corrected chi connectivity index (χ4v) is 4.38. The van der Waals surface area contributed by atoms with Crippen molar-refractivity contribution in [1.82, 2.24) is 0 Å². The number of rotatable bonds is 11. The summed E-state index contributed by atoms with van der Waals surface area (Å²) in [5, 5.41) is 5.36. The minimum atomic E-state index is -0.725. The zero-order chi connectivity index (χ0) is 34.8. The van der Waals surface area contributed by atoms with Crippen molar-refractivity contribution >= 4 is 41.2 Å². The number of ether oxygens (including phenoxy) is 4. The summed E-state index contributed by atoms with van der Waals surface area (Å²) < 4.78 is 21.6. The van der Waals surface area contributed by atoms with Gasteiger partial charge in [-0.25, -0.2) is 19.2 Å². The fourth-order valence-electron chi connectivity index (χ4n) is 4.38. The van der Waals surface area contributed by atoms with Gasteiger partial charge in [0.15, 0.2) is 0 Å². The summed E-state index contributed by atoms with van der Waals surface area (Å²) in [6.45, 7) is 16.4. The molecule has 0 fully saturated rings. The number of hydrogen-bond acceptors (Lipinski definition) is 9. The van der Waals surface area contributed by atoms with Gasteiger partial charge in [0.2, 0.25) is 0 Å². The molecule has 0 atom stereocenters. The molecular formula is C36H45N3O8. The molecule has 0 spiro atoms. The Hall–Kier alpha value is -5.06. The molecule has 0 bridgehead atoms. The van der Waals surface area contributed by atoms with Crippen molar-refractivity contribution in [2.75, 3.05) is 35.2 Å². The van der Waals surface area contributed by atoms with Crippen LogP contribution in [0, 0.1) is 0 Å². The summed E-state index contributed by atoms with van der Waals surface area (Å²) >= 11 is 0. The molecule has 3 aromatic carbocycles. The first kappa shape index (κ1) is 36.4. The van der Waals surface area contributed by atoms with Gasteiger partial charge in [-0.2, -0.15) is 0 Å². The number of nitrogens with one attached hydrogen (secondary N) is 2. The molecule has 2 N–H and O–H groups in total. The number of carbonyl (C=O) groups excluding carboxylic acids is 4. The summed E-state index contributed by atoms with van der Waals surface area (Å²) in [6, 6.07) is 18.2. The number of carbonyl (C=O) groups is 4. The van der Waals surface area contributed by atoms with Gasteiger partial charge in [0, 0.05) is 36.6 Å². The highest BCUT2D eigenvalue weighted by Gasteiger charge is 2.20. The lowest BCUT2D eigenvalue weighted by atomic mass is 10.1. The molecule has 47 heavy (non-hydrogen) atoms. The highest BCUT2D eigenvalue weighted by atomic mass is 16.6. The van der Waals surface area contributed by atoms with E-state index >= 15 is 0 Å². The minimum absolute atomic E-state index is 0.000889. The van der Waals surface area contributed by atoms with Gasteiger partial charge < -0.3 is 23.8 Å². The maximum Gasteiger partial charge on any atom is 0.412 e. The van der Waals surface area contributed by atoms with Crippen LogP contribution in [0.1, 0.15) is 81.7 Å². The quantitative estimate of drug-likeness (QED) is 0.121. The molecule has 11 nitrogen and oxygen atoms in total. The lowest BCUT2D eigenvalue weighted by molar-refractivity contribution is 0.0507. The van der Waals surface area contributed by atoms with Crippen molar-refractivity contribution in [2.24, 2.45) is 0 Å². The van der Waals surface area contributed by atoms with Gasteiger partial charge in [-0.3, -0.25) is 10.6 Å². The third kappa shape index (κ3) is 12.0. The smallest absolute Gasteiger partial charge is 0.412 e. The summed E-state index contributed by atoms with van der Waals surface area (Å²) in [7, 11) is 0. The second kappa shape index (κ2) is 16.0. The van der Waals surface area contributed by atoms with Gasteiger partial charge in [-0.1, -0.05) is 6.07 Å². The monoisotopic (exact) mass is 647 g/mol. The topological polar surface area (TPSA) is 132 Å². The van der Waals surface area contributed by atoms with E-state index in [1.54, 1.807) is 71.9 Å². The normalized spacial score (nSPS) is 11.2. The Kier molecular flexibility index (Phi) is 12.4. The van der Waals surface area contributed by atoms with Crippen LogP contribution in [0.3, 0.4) is 0 Å². The Balaban J connectivity index is 1.61. The molecule has 0 aliphatic heterocycles. The Labute approximate surface area is 276 Å². The molecule has 3 aromatic rings. The van der Waals surface area contributed by atoms with Crippen LogP contribution >= 0.6 is 0 Å². The zero-order valence-corrected chi connectivity index (χ0v) is 28.4. The third-order valence-corrected chi connectivity index (χ3v) is 6.53. The molecule has 0 saturated carbocycles. The van der Waals surface area contributed by atoms with Crippen molar-refractivity contribution < 1.29 is 38.1 Å². The van der Waals surface area contributed by atoms with Crippen LogP contribution in [0.2, 0.25) is 0 Å². The van der Waals surface area contributed by atoms with Crippen molar-refractivity contribution in [3.63, 3.8) is 0 Å². The third-order valence-electron chi connectivity index (χ3n) is 6.53. The maximum absolute atomic E-state index is 12.8. The van der Waals surface area contributed by atoms with Crippen molar-refractivity contribution in [3.8, 4) is 5.75 Å². The number of amides is 2. The average Bonchev–Trinajstić information content (AvgIpc) is 2.97. The van der Waals surface area contributed by atoms with E-state index in [1.165, 1.54) is 24.3 Å². The summed E-state index contributed by atoms with van der Waals surface area (Å²) in [4.78, 5) is 52.4. The Bertz CT molecular complexity index is 1530. The van der Waals surface area contributed by atoms with E-state index in [1.807, 2.05) is 12.1 Å². The number of esters is 2. The van der Waals surface area contributed by atoms with Crippen molar-refractivity contribution in [1.29, 1.82) is 0 Å². The van der Waals surface area contributed by atoms with Crippen LogP contribution in [0.25, 0.3) is 0 Å². The van der Waals surface area contributed by atoms with Gasteiger partial charge in [0.05, 0.1) is 17.7 Å². The van der Waals surface area contributed by atoms with Crippen LogP contribution < -0.4 is 20.3 Å². The van der Waals surface area contributed by atoms with Crippen LogP contribution in [0.15, 0.2) is 66.7 Å². The Morgan fingerprint density at radius 2 is 1.21 bits per heavy atom. The van der Waals surface area contributed by atoms with Gasteiger partial charge in [0.1, 0.15) is 17.0 Å². The standard InChI is InChI=1S/C36H45N3O8/c1-9-39(10-2)28-17-12-26(13-18-28)32(41)45-29-19-14-25(15-20-29)31(40)44-22-21-24-11-16-27(37-33(42)46-35(3,4)5)23-30(24)38-34(43)47-36(6,7)8/h11-20,23H,9-10,21-22H2,1-8H3,(H,37,42)(H,38,43). The maximum atomic E-state index is 12.8. The molecule has 0 heterocycles. The zero-order valence-electron chi connectivity index (χ0n) is 28.4. The van der Waals surface area contributed by atoms with Gasteiger partial charge in [0.25, 0.3) is 0 Å². The van der Waals surface area contributed by atoms with E-state index in [0.29, 0.717) is 22.5 Å². The Morgan fingerprint density at radius 1 is 0.681 bits per heavy atom. The van der Waals surface area contributed by atoms with E-state index in [4.69, 9.17) is 18.9 Å². The number of nitrogens with zero attached hydrogens (tertiary/aromatic N) is 1. The molecule has 0 saturated heterocycles. The first-order chi connectivity index (χ1) is 22.1. The first-order valence-corrected chi connectivity index (χ1v) is 15.5. The molecular weight excluding hydrogens is 602 g/mol. The summed E-state index contributed by atoms with van der Waals surface area (Å²) in [6.07, 6.45) is -1.07. The number of benzene rings is 3. The fraction of sp³-hybridized carbons (Fsp3) is 0.389. The van der Waals surface area contributed by atoms with E-state index in [2.05, 4.69) is 29.4 Å². The molecule has 0 unspecified atom stereocenters. The van der Waals surface area contributed by atoms with E-state index < -0.39 is 35.3 Å². The van der Waals surface area contributed by atoms with Gasteiger partial charge in [-0.15, -0.1) is 0 Å². The van der Waals surface area contributed by atoms with E-state index in [-0.39, 0.29) is 24.3 Å². The van der Waals surface area contributed by atoms with Crippen molar-refractivity contribution in [2.45, 2.75) is 73.0 Å². The first-order valence-electron chi connectivity index (χ1n) is 15.5. The molecule has 0 aromatic heterocycles.